The van der Waals surface area contributed by atoms with Crippen LogP contribution in [0.5, 0.6) is 0 Å². The molecule has 34 heavy (non-hydrogen) atoms. The summed E-state index contributed by atoms with van der Waals surface area (Å²) < 4.78 is 17.5. The number of amides is 3. The first kappa shape index (κ1) is 26.0. The molecule has 0 aromatic carbocycles. The molecule has 12 heteroatoms. The molecule has 1 aromatic rings. The Kier molecular flexibility index (Phi) is 8.27. The summed E-state index contributed by atoms with van der Waals surface area (Å²) >= 11 is 0. The largest absolute Gasteiger partial charge is 0.481 e. The Morgan fingerprint density at radius 1 is 1.09 bits per heavy atom. The fourth-order valence-corrected chi connectivity index (χ4v) is 3.67. The average molecular weight is 475 g/mol. The maximum Gasteiger partial charge on any atom is 0.481 e. The van der Waals surface area contributed by atoms with Crippen LogP contribution in [-0.2, 0) is 23.6 Å². The summed E-state index contributed by atoms with van der Waals surface area (Å²) in [4.78, 5) is 48.4. The number of aromatic nitrogens is 2. The van der Waals surface area contributed by atoms with E-state index in [2.05, 4.69) is 20.6 Å². The molecule has 3 amide bonds. The molecule has 3 heterocycles. The lowest BCUT2D eigenvalue weighted by Crippen LogP contribution is -2.56. The summed E-state index contributed by atoms with van der Waals surface area (Å²) in [5.74, 6) is -1.80. The molecule has 2 fully saturated rings. The van der Waals surface area contributed by atoms with Gasteiger partial charge in [-0.3, -0.25) is 19.4 Å². The molecule has 0 saturated carbocycles. The molecular weight excluding hydrogens is 441 g/mol. The van der Waals surface area contributed by atoms with Crippen LogP contribution in [-0.4, -0.2) is 89.2 Å². The fourth-order valence-electron chi connectivity index (χ4n) is 3.67. The van der Waals surface area contributed by atoms with Crippen LogP contribution in [0.3, 0.4) is 0 Å². The predicted molar refractivity (Wildman–Crippen MR) is 124 cm³/mol. The van der Waals surface area contributed by atoms with Crippen molar-refractivity contribution in [2.45, 2.75) is 70.6 Å². The number of hydrogen-bond acceptors (Lipinski definition) is 8. The Balaban J connectivity index is 1.73. The third-order valence-corrected chi connectivity index (χ3v) is 6.53. The lowest BCUT2D eigenvalue weighted by molar-refractivity contribution is -0.138. The van der Waals surface area contributed by atoms with Crippen LogP contribution in [0.1, 0.15) is 57.9 Å². The van der Waals surface area contributed by atoms with E-state index in [9.17, 15) is 14.4 Å². The highest BCUT2D eigenvalue weighted by atomic mass is 16.7. The van der Waals surface area contributed by atoms with Crippen molar-refractivity contribution < 1.29 is 28.4 Å². The van der Waals surface area contributed by atoms with Gasteiger partial charge in [0.25, 0.3) is 5.91 Å². The van der Waals surface area contributed by atoms with E-state index in [1.165, 1.54) is 18.6 Å². The zero-order valence-corrected chi connectivity index (χ0v) is 20.5. The van der Waals surface area contributed by atoms with Crippen molar-refractivity contribution in [3.8, 4) is 0 Å². The van der Waals surface area contributed by atoms with Crippen molar-refractivity contribution >= 4 is 24.8 Å². The Bertz CT molecular complexity index is 862. The molecule has 186 valence electrons. The van der Waals surface area contributed by atoms with Gasteiger partial charge in [-0.25, -0.2) is 4.98 Å². The van der Waals surface area contributed by atoms with Gasteiger partial charge in [-0.15, -0.1) is 0 Å². The first-order valence-corrected chi connectivity index (χ1v) is 11.6. The van der Waals surface area contributed by atoms with Crippen molar-refractivity contribution in [1.82, 2.24) is 25.5 Å². The maximum absolute atomic E-state index is 13.3. The number of rotatable bonds is 8. The first-order chi connectivity index (χ1) is 16.0. The van der Waals surface area contributed by atoms with Crippen LogP contribution < -0.4 is 10.6 Å². The second-order valence-corrected chi connectivity index (χ2v) is 9.46. The van der Waals surface area contributed by atoms with Gasteiger partial charge in [0.15, 0.2) is 0 Å². The molecule has 0 bridgehead atoms. The zero-order chi connectivity index (χ0) is 24.9. The van der Waals surface area contributed by atoms with Gasteiger partial charge in [0.2, 0.25) is 11.8 Å². The Morgan fingerprint density at radius 3 is 2.29 bits per heavy atom. The van der Waals surface area contributed by atoms with Crippen LogP contribution in [0.25, 0.3) is 0 Å². The maximum atomic E-state index is 13.3. The Morgan fingerprint density at radius 2 is 1.74 bits per heavy atom. The first-order valence-electron chi connectivity index (χ1n) is 11.6. The molecule has 2 N–H and O–H groups in total. The SMILES string of the molecule is CC[C@H](NC(=O)[C@@H](CC(=O)N1CCOCC1)NC(=O)c1cnccn1)B1OC(C)(C)C(C)(C)O1. The number of nitrogens with zero attached hydrogens (tertiary/aromatic N) is 3. The molecule has 2 atom stereocenters. The molecule has 0 radical (unpaired) electrons. The molecule has 11 nitrogen and oxygen atoms in total. The van der Waals surface area contributed by atoms with E-state index >= 15 is 0 Å². The predicted octanol–water partition coefficient (Wildman–Crippen LogP) is 0.350. The van der Waals surface area contributed by atoms with Crippen LogP contribution >= 0.6 is 0 Å². The van der Waals surface area contributed by atoms with Gasteiger partial charge in [-0.05, 0) is 34.1 Å². The van der Waals surface area contributed by atoms with Gasteiger partial charge >= 0.3 is 7.12 Å². The van der Waals surface area contributed by atoms with E-state index in [4.69, 9.17) is 14.0 Å². The second-order valence-electron chi connectivity index (χ2n) is 9.46. The number of hydrogen-bond donors (Lipinski definition) is 2. The molecule has 2 aliphatic rings. The third kappa shape index (κ3) is 6.11. The zero-order valence-electron chi connectivity index (χ0n) is 20.5. The molecule has 2 saturated heterocycles. The summed E-state index contributed by atoms with van der Waals surface area (Å²) in [5.41, 5.74) is -1.05. The number of morpholine rings is 1. The van der Waals surface area contributed by atoms with Crippen molar-refractivity contribution in [2.75, 3.05) is 26.3 Å². The smallest absolute Gasteiger partial charge is 0.402 e. The lowest BCUT2D eigenvalue weighted by atomic mass is 9.76. The average Bonchev–Trinajstić information content (AvgIpc) is 3.04. The highest BCUT2D eigenvalue weighted by Gasteiger charge is 2.54. The van der Waals surface area contributed by atoms with E-state index in [-0.39, 0.29) is 18.0 Å². The van der Waals surface area contributed by atoms with Crippen LogP contribution in [0.4, 0.5) is 0 Å². The van der Waals surface area contributed by atoms with E-state index < -0.39 is 42.1 Å². The standard InChI is InChI=1S/C22H34BN5O6/c1-6-17(23-33-21(2,3)22(4,5)34-23)27-19(30)15(13-18(29)28-9-11-32-12-10-28)26-20(31)16-14-24-7-8-25-16/h7-8,14-15,17H,6,9-13H2,1-5H3,(H,26,31)(H,27,30)/t15-,17+/m1/s1. The van der Waals surface area contributed by atoms with Crippen molar-refractivity contribution in [3.63, 3.8) is 0 Å². The fraction of sp³-hybridized carbons (Fsp3) is 0.682. The number of ether oxygens (including phenoxy) is 1. The summed E-state index contributed by atoms with van der Waals surface area (Å²) in [6.07, 6.45) is 4.46. The lowest BCUT2D eigenvalue weighted by Gasteiger charge is -2.32. The minimum atomic E-state index is -1.11. The number of carbonyl (C=O) groups excluding carboxylic acids is 3. The second kappa shape index (κ2) is 10.8. The Hall–Kier alpha value is -2.57. The summed E-state index contributed by atoms with van der Waals surface area (Å²) in [7, 11) is -0.662. The van der Waals surface area contributed by atoms with Gasteiger partial charge in [-0.1, -0.05) is 6.92 Å². The minimum Gasteiger partial charge on any atom is -0.402 e. The molecule has 0 unspecified atom stereocenters. The molecule has 1 aromatic heterocycles. The van der Waals surface area contributed by atoms with E-state index in [1.807, 2.05) is 34.6 Å². The normalized spacial score (nSPS) is 21.0. The Labute approximate surface area is 200 Å². The highest BCUT2D eigenvalue weighted by molar-refractivity contribution is 6.48. The molecule has 2 aliphatic heterocycles. The minimum absolute atomic E-state index is 0.0529. The van der Waals surface area contributed by atoms with Gasteiger partial charge in [0.1, 0.15) is 11.7 Å². The van der Waals surface area contributed by atoms with Gasteiger partial charge < -0.3 is 29.6 Å². The van der Waals surface area contributed by atoms with E-state index in [0.717, 1.165) is 0 Å². The monoisotopic (exact) mass is 475 g/mol. The summed E-state index contributed by atoms with van der Waals surface area (Å²) in [6.45, 7) is 11.4. The summed E-state index contributed by atoms with van der Waals surface area (Å²) in [5, 5.41) is 5.56. The van der Waals surface area contributed by atoms with Crippen molar-refractivity contribution in [2.24, 2.45) is 0 Å². The molecular formula is C22H34BN5O6. The number of nitrogens with one attached hydrogen (secondary N) is 2. The van der Waals surface area contributed by atoms with Gasteiger partial charge in [0.05, 0.1) is 43.0 Å². The van der Waals surface area contributed by atoms with Crippen molar-refractivity contribution in [3.05, 3.63) is 24.3 Å². The van der Waals surface area contributed by atoms with Crippen LogP contribution in [0.15, 0.2) is 18.6 Å². The molecule has 3 rings (SSSR count). The third-order valence-electron chi connectivity index (χ3n) is 6.53. The topological polar surface area (TPSA) is 132 Å². The number of carbonyl (C=O) groups is 3. The molecule has 0 spiro atoms. The van der Waals surface area contributed by atoms with Gasteiger partial charge in [-0.2, -0.15) is 0 Å². The molecule has 0 aliphatic carbocycles. The van der Waals surface area contributed by atoms with Crippen LogP contribution in [0, 0.1) is 0 Å². The van der Waals surface area contributed by atoms with E-state index in [0.29, 0.717) is 32.7 Å². The highest BCUT2D eigenvalue weighted by Crippen LogP contribution is 2.37. The van der Waals surface area contributed by atoms with Gasteiger partial charge in [0, 0.05) is 25.5 Å². The van der Waals surface area contributed by atoms with E-state index in [1.54, 1.807) is 4.90 Å². The van der Waals surface area contributed by atoms with Crippen molar-refractivity contribution in [1.29, 1.82) is 0 Å². The quantitative estimate of drug-likeness (QED) is 0.515. The summed E-state index contributed by atoms with van der Waals surface area (Å²) in [6, 6.07) is -1.11. The van der Waals surface area contributed by atoms with Crippen LogP contribution in [0.2, 0.25) is 0 Å².